The summed E-state index contributed by atoms with van der Waals surface area (Å²) in [5.41, 5.74) is -0.910. The van der Waals surface area contributed by atoms with Gasteiger partial charge < -0.3 is 9.80 Å². The summed E-state index contributed by atoms with van der Waals surface area (Å²) in [4.78, 5) is 15.8. The molecule has 0 bridgehead atoms. The molecule has 1 aliphatic rings. The molecule has 2 aromatic heterocycles. The van der Waals surface area contributed by atoms with Gasteiger partial charge in [-0.3, -0.25) is 0 Å². The van der Waals surface area contributed by atoms with Crippen molar-refractivity contribution in [3.05, 3.63) is 29.5 Å². The van der Waals surface area contributed by atoms with Gasteiger partial charge >= 0.3 is 6.18 Å². The van der Waals surface area contributed by atoms with Crippen molar-refractivity contribution >= 4 is 22.4 Å². The lowest BCUT2D eigenvalue weighted by atomic mass is 10.2. The number of aromatic nitrogens is 3. The summed E-state index contributed by atoms with van der Waals surface area (Å²) in [5.74, 6) is 0.125. The van der Waals surface area contributed by atoms with Gasteiger partial charge in [0.15, 0.2) is 5.13 Å². The van der Waals surface area contributed by atoms with Crippen molar-refractivity contribution in [2.45, 2.75) is 19.1 Å². The number of halogens is 3. The van der Waals surface area contributed by atoms with Crippen molar-refractivity contribution in [2.24, 2.45) is 0 Å². The maximum atomic E-state index is 12.7. The van der Waals surface area contributed by atoms with Crippen LogP contribution in [0.5, 0.6) is 0 Å². The molecule has 0 aromatic carbocycles. The van der Waals surface area contributed by atoms with Crippen LogP contribution in [0.2, 0.25) is 0 Å². The van der Waals surface area contributed by atoms with Crippen LogP contribution in [0.1, 0.15) is 12.6 Å². The molecule has 0 amide bonds. The minimum atomic E-state index is -4.45. The van der Waals surface area contributed by atoms with E-state index in [-0.39, 0.29) is 12.0 Å². The summed E-state index contributed by atoms with van der Waals surface area (Å²) in [6.45, 7) is 3.81. The second-order valence-corrected chi connectivity index (χ2v) is 5.92. The van der Waals surface area contributed by atoms with Crippen molar-refractivity contribution in [3.63, 3.8) is 0 Å². The van der Waals surface area contributed by atoms with Gasteiger partial charge in [0.05, 0.1) is 0 Å². The smallest absolute Gasteiger partial charge is 0.342 e. The number of hydrogen-bond acceptors (Lipinski definition) is 6. The highest BCUT2D eigenvalue weighted by atomic mass is 32.1. The fraction of sp³-hybridized carbons (Fsp3) is 0.462. The minimum absolute atomic E-state index is 0.123. The van der Waals surface area contributed by atoms with Crippen LogP contribution in [0, 0.1) is 0 Å². The average Bonchev–Trinajstić information content (AvgIpc) is 3.00. The quantitative estimate of drug-likeness (QED) is 0.848. The van der Waals surface area contributed by atoms with Crippen LogP contribution in [0.15, 0.2) is 23.8 Å². The Labute approximate surface area is 129 Å². The predicted octanol–water partition coefficient (Wildman–Crippen LogP) is 2.67. The van der Waals surface area contributed by atoms with Gasteiger partial charge in [-0.1, -0.05) is 0 Å². The molecule has 1 saturated heterocycles. The summed E-state index contributed by atoms with van der Waals surface area (Å²) in [7, 11) is 0. The first kappa shape index (κ1) is 15.0. The highest BCUT2D eigenvalue weighted by Gasteiger charge is 2.34. The first-order chi connectivity index (χ1) is 10.4. The Morgan fingerprint density at radius 2 is 2.05 bits per heavy atom. The Morgan fingerprint density at radius 3 is 2.68 bits per heavy atom. The van der Waals surface area contributed by atoms with Crippen molar-refractivity contribution in [1.82, 2.24) is 15.0 Å². The predicted molar refractivity (Wildman–Crippen MR) is 78.2 cm³/mol. The molecule has 0 aliphatic carbocycles. The summed E-state index contributed by atoms with van der Waals surface area (Å²) < 4.78 is 38.2. The maximum absolute atomic E-state index is 12.7. The molecule has 22 heavy (non-hydrogen) atoms. The van der Waals surface area contributed by atoms with Gasteiger partial charge in [-0.05, 0) is 13.0 Å². The number of alkyl halides is 3. The van der Waals surface area contributed by atoms with Gasteiger partial charge in [-0.2, -0.15) is 13.2 Å². The Bertz CT molecular complexity index is 631. The zero-order valence-electron chi connectivity index (χ0n) is 11.8. The van der Waals surface area contributed by atoms with Crippen LogP contribution in [-0.2, 0) is 6.18 Å². The minimum Gasteiger partial charge on any atom is -0.342 e. The molecule has 2 aromatic rings. The van der Waals surface area contributed by atoms with Crippen molar-refractivity contribution in [2.75, 3.05) is 29.4 Å². The third-order valence-electron chi connectivity index (χ3n) is 3.51. The van der Waals surface area contributed by atoms with E-state index in [1.54, 1.807) is 22.4 Å². The van der Waals surface area contributed by atoms with E-state index >= 15 is 0 Å². The van der Waals surface area contributed by atoms with Gasteiger partial charge in [-0.15, -0.1) is 11.3 Å². The number of rotatable bonds is 2. The molecule has 3 rings (SSSR count). The second kappa shape index (κ2) is 5.71. The van der Waals surface area contributed by atoms with E-state index in [9.17, 15) is 13.2 Å². The van der Waals surface area contributed by atoms with E-state index in [1.165, 1.54) is 0 Å². The third kappa shape index (κ3) is 2.99. The van der Waals surface area contributed by atoms with Gasteiger partial charge in [0.2, 0.25) is 5.95 Å². The summed E-state index contributed by atoms with van der Waals surface area (Å²) in [6, 6.07) is 1.01. The molecular formula is C13H14F3N5S. The second-order valence-electron chi connectivity index (χ2n) is 5.04. The van der Waals surface area contributed by atoms with E-state index < -0.39 is 11.9 Å². The molecule has 0 N–H and O–H groups in total. The van der Waals surface area contributed by atoms with Crippen LogP contribution >= 0.6 is 11.3 Å². The van der Waals surface area contributed by atoms with Crippen LogP contribution in [0.3, 0.4) is 0 Å². The molecule has 9 heteroatoms. The number of anilines is 2. The Balaban J connectivity index is 1.75. The van der Waals surface area contributed by atoms with E-state index in [1.807, 2.05) is 12.3 Å². The molecule has 1 atom stereocenters. The number of hydrogen-bond donors (Lipinski definition) is 0. The lowest BCUT2D eigenvalue weighted by Crippen LogP contribution is -2.52. The lowest BCUT2D eigenvalue weighted by molar-refractivity contribution is -0.141. The van der Waals surface area contributed by atoms with Crippen LogP contribution in [0.4, 0.5) is 24.3 Å². The average molecular weight is 329 g/mol. The molecule has 0 unspecified atom stereocenters. The van der Waals surface area contributed by atoms with Crippen LogP contribution < -0.4 is 9.80 Å². The molecule has 0 saturated carbocycles. The third-order valence-corrected chi connectivity index (χ3v) is 4.32. The molecule has 118 valence electrons. The summed E-state index contributed by atoms with van der Waals surface area (Å²) in [5, 5.41) is 2.83. The summed E-state index contributed by atoms with van der Waals surface area (Å²) in [6.07, 6.45) is -1.55. The highest BCUT2D eigenvalue weighted by Crippen LogP contribution is 2.29. The SMILES string of the molecule is C[C@H]1CN(c2nccc(C(F)(F)F)n2)CCN1c1nccs1. The van der Waals surface area contributed by atoms with Crippen LogP contribution in [0.25, 0.3) is 0 Å². The number of thiazole rings is 1. The van der Waals surface area contributed by atoms with Crippen molar-refractivity contribution in [3.8, 4) is 0 Å². The topological polar surface area (TPSA) is 45.2 Å². The van der Waals surface area contributed by atoms with Gasteiger partial charge in [0.1, 0.15) is 5.69 Å². The van der Waals surface area contributed by atoms with E-state index in [0.717, 1.165) is 17.4 Å². The van der Waals surface area contributed by atoms with E-state index in [2.05, 4.69) is 19.9 Å². The normalized spacial score (nSPS) is 19.5. The monoisotopic (exact) mass is 329 g/mol. The lowest BCUT2D eigenvalue weighted by Gasteiger charge is -2.39. The zero-order chi connectivity index (χ0) is 15.7. The molecule has 0 radical (unpaired) electrons. The fourth-order valence-corrected chi connectivity index (χ4v) is 3.21. The van der Waals surface area contributed by atoms with Crippen molar-refractivity contribution < 1.29 is 13.2 Å². The van der Waals surface area contributed by atoms with E-state index in [4.69, 9.17) is 0 Å². The first-order valence-electron chi connectivity index (χ1n) is 6.76. The highest BCUT2D eigenvalue weighted by molar-refractivity contribution is 7.13. The van der Waals surface area contributed by atoms with Gasteiger partial charge in [0, 0.05) is 43.4 Å². The Morgan fingerprint density at radius 1 is 1.23 bits per heavy atom. The fourth-order valence-electron chi connectivity index (χ4n) is 2.44. The maximum Gasteiger partial charge on any atom is 0.433 e. The van der Waals surface area contributed by atoms with Gasteiger partial charge in [0.25, 0.3) is 0 Å². The number of piperazine rings is 1. The molecule has 1 fully saturated rings. The first-order valence-corrected chi connectivity index (χ1v) is 7.64. The Kier molecular flexibility index (Phi) is 3.90. The van der Waals surface area contributed by atoms with Gasteiger partial charge in [-0.25, -0.2) is 15.0 Å². The van der Waals surface area contributed by atoms with Crippen LogP contribution in [-0.4, -0.2) is 40.6 Å². The molecule has 3 heterocycles. The number of nitrogens with zero attached hydrogens (tertiary/aromatic N) is 5. The largest absolute Gasteiger partial charge is 0.433 e. The standard InChI is InChI=1S/C13H14F3N5S/c1-9-8-20(5-6-21(9)12-18-4-7-22-12)11-17-3-2-10(19-11)13(14,15)16/h2-4,7,9H,5-6,8H2,1H3/t9-/m0/s1. The Hall–Kier alpha value is -1.90. The molecule has 1 aliphatic heterocycles. The van der Waals surface area contributed by atoms with Crippen molar-refractivity contribution in [1.29, 1.82) is 0 Å². The van der Waals surface area contributed by atoms with E-state index in [0.29, 0.717) is 19.6 Å². The summed E-state index contributed by atoms with van der Waals surface area (Å²) >= 11 is 1.55. The molecule has 5 nitrogen and oxygen atoms in total. The zero-order valence-corrected chi connectivity index (χ0v) is 12.6. The molecule has 0 spiro atoms. The molecular weight excluding hydrogens is 315 g/mol.